The van der Waals surface area contributed by atoms with Gasteiger partial charge in [-0.25, -0.2) is 0 Å². The lowest BCUT2D eigenvalue weighted by Gasteiger charge is -2.31. The SMILES string of the molecule is O=C1CCCC(O)=C1C1c2ccccc2Sc2ccccc21. The zero-order chi connectivity index (χ0) is 15.1. The van der Waals surface area contributed by atoms with Crippen molar-refractivity contribution in [1.29, 1.82) is 0 Å². The summed E-state index contributed by atoms with van der Waals surface area (Å²) in [5.74, 6) is 0.226. The van der Waals surface area contributed by atoms with Crippen molar-refractivity contribution < 1.29 is 9.90 Å². The van der Waals surface area contributed by atoms with Gasteiger partial charge in [-0.15, -0.1) is 0 Å². The van der Waals surface area contributed by atoms with E-state index >= 15 is 0 Å². The molecule has 2 aromatic carbocycles. The number of carbonyl (C=O) groups is 1. The van der Waals surface area contributed by atoms with Gasteiger partial charge in [0, 0.05) is 34.1 Å². The second-order valence-electron chi connectivity index (χ2n) is 5.75. The highest BCUT2D eigenvalue weighted by atomic mass is 32.2. The smallest absolute Gasteiger partial charge is 0.163 e. The Balaban J connectivity index is 1.97. The minimum absolute atomic E-state index is 0.0882. The quantitative estimate of drug-likeness (QED) is 0.818. The molecule has 0 spiro atoms. The maximum absolute atomic E-state index is 12.5. The molecule has 1 aliphatic carbocycles. The maximum Gasteiger partial charge on any atom is 0.163 e. The Morgan fingerprint density at radius 3 is 2.09 bits per heavy atom. The van der Waals surface area contributed by atoms with Gasteiger partial charge in [-0.3, -0.25) is 4.79 Å². The van der Waals surface area contributed by atoms with Crippen molar-refractivity contribution >= 4 is 17.5 Å². The van der Waals surface area contributed by atoms with Crippen molar-refractivity contribution in [3.05, 3.63) is 71.0 Å². The Morgan fingerprint density at radius 2 is 1.50 bits per heavy atom. The van der Waals surface area contributed by atoms with Gasteiger partial charge in [-0.1, -0.05) is 48.2 Å². The molecular formula is C19H16O2S. The molecule has 0 saturated carbocycles. The summed E-state index contributed by atoms with van der Waals surface area (Å²) in [6, 6.07) is 16.4. The average molecular weight is 308 g/mol. The molecule has 110 valence electrons. The molecule has 2 aromatic rings. The van der Waals surface area contributed by atoms with E-state index in [1.807, 2.05) is 24.3 Å². The molecular weight excluding hydrogens is 292 g/mol. The van der Waals surface area contributed by atoms with Crippen molar-refractivity contribution in [2.45, 2.75) is 35.0 Å². The summed E-state index contributed by atoms with van der Waals surface area (Å²) in [6.45, 7) is 0. The molecule has 0 radical (unpaired) electrons. The topological polar surface area (TPSA) is 37.3 Å². The van der Waals surface area contributed by atoms with E-state index in [0.717, 1.165) is 17.5 Å². The number of aliphatic hydroxyl groups is 1. The van der Waals surface area contributed by atoms with Crippen molar-refractivity contribution in [2.75, 3.05) is 0 Å². The highest BCUT2D eigenvalue weighted by molar-refractivity contribution is 7.99. The third-order valence-corrected chi connectivity index (χ3v) is 5.58. The van der Waals surface area contributed by atoms with Crippen LogP contribution in [0.4, 0.5) is 0 Å². The molecule has 4 rings (SSSR count). The second-order valence-corrected chi connectivity index (χ2v) is 6.83. The summed E-state index contributed by atoms with van der Waals surface area (Å²) < 4.78 is 0. The minimum atomic E-state index is -0.138. The highest BCUT2D eigenvalue weighted by Crippen LogP contribution is 2.50. The normalized spacial score (nSPS) is 18.1. The van der Waals surface area contributed by atoms with Crippen LogP contribution >= 0.6 is 11.8 Å². The van der Waals surface area contributed by atoms with E-state index in [2.05, 4.69) is 24.3 Å². The molecule has 0 saturated heterocycles. The van der Waals surface area contributed by atoms with Crippen LogP contribution in [0.2, 0.25) is 0 Å². The molecule has 1 N–H and O–H groups in total. The van der Waals surface area contributed by atoms with Crippen LogP contribution in [0.15, 0.2) is 69.7 Å². The summed E-state index contributed by atoms with van der Waals surface area (Å²) in [6.07, 6.45) is 1.89. The van der Waals surface area contributed by atoms with Gasteiger partial charge in [0.2, 0.25) is 0 Å². The molecule has 3 heteroatoms. The first-order chi connectivity index (χ1) is 10.8. The van der Waals surface area contributed by atoms with Crippen LogP contribution < -0.4 is 0 Å². The third kappa shape index (κ3) is 2.08. The lowest BCUT2D eigenvalue weighted by molar-refractivity contribution is -0.116. The van der Waals surface area contributed by atoms with Crippen molar-refractivity contribution in [1.82, 2.24) is 0 Å². The predicted molar refractivity (Wildman–Crippen MR) is 87.4 cm³/mol. The number of carbonyl (C=O) groups excluding carboxylic acids is 1. The van der Waals surface area contributed by atoms with Crippen LogP contribution in [0.1, 0.15) is 36.3 Å². The van der Waals surface area contributed by atoms with E-state index in [0.29, 0.717) is 18.4 Å². The lowest BCUT2D eigenvalue weighted by atomic mass is 9.78. The van der Waals surface area contributed by atoms with E-state index in [9.17, 15) is 9.90 Å². The van der Waals surface area contributed by atoms with Crippen LogP contribution in [-0.4, -0.2) is 10.9 Å². The van der Waals surface area contributed by atoms with Crippen molar-refractivity contribution in [3.8, 4) is 0 Å². The number of Topliss-reactive ketones (excluding diaryl/α,β-unsaturated/α-hetero) is 1. The number of allylic oxidation sites excluding steroid dienone is 2. The number of aliphatic hydroxyl groups excluding tert-OH is 1. The molecule has 0 aromatic heterocycles. The minimum Gasteiger partial charge on any atom is -0.512 e. The fourth-order valence-electron chi connectivity index (χ4n) is 3.40. The Kier molecular flexibility index (Phi) is 3.30. The van der Waals surface area contributed by atoms with Gasteiger partial charge < -0.3 is 5.11 Å². The Labute approximate surface area is 133 Å². The Bertz CT molecular complexity index is 746. The predicted octanol–water partition coefficient (Wildman–Crippen LogP) is 4.85. The Morgan fingerprint density at radius 1 is 0.909 bits per heavy atom. The molecule has 1 heterocycles. The van der Waals surface area contributed by atoms with E-state index in [1.54, 1.807) is 11.8 Å². The monoisotopic (exact) mass is 308 g/mol. The number of ketones is 1. The van der Waals surface area contributed by atoms with Gasteiger partial charge in [-0.2, -0.15) is 0 Å². The zero-order valence-electron chi connectivity index (χ0n) is 12.1. The summed E-state index contributed by atoms with van der Waals surface area (Å²) >= 11 is 1.74. The average Bonchev–Trinajstić information content (AvgIpc) is 2.54. The number of benzene rings is 2. The van der Waals surface area contributed by atoms with E-state index in [1.165, 1.54) is 9.79 Å². The van der Waals surface area contributed by atoms with Gasteiger partial charge in [-0.05, 0) is 29.7 Å². The molecule has 1 aliphatic heterocycles. The molecule has 22 heavy (non-hydrogen) atoms. The molecule has 0 amide bonds. The standard InChI is InChI=1S/C19H16O2S/c20-14-8-5-9-15(21)19(14)18-12-6-1-3-10-16(12)22-17-11-4-2-7-13(17)18/h1-4,6-7,10-11,18,20H,5,8-9H2. The van der Waals surface area contributed by atoms with Gasteiger partial charge >= 0.3 is 0 Å². The van der Waals surface area contributed by atoms with E-state index in [4.69, 9.17) is 0 Å². The fraction of sp³-hybridized carbons (Fsp3) is 0.211. The van der Waals surface area contributed by atoms with Gasteiger partial charge in [0.25, 0.3) is 0 Å². The van der Waals surface area contributed by atoms with E-state index < -0.39 is 0 Å². The van der Waals surface area contributed by atoms with Crippen LogP contribution in [-0.2, 0) is 4.79 Å². The number of hydrogen-bond donors (Lipinski definition) is 1. The Hall–Kier alpha value is -2.00. The molecule has 0 bridgehead atoms. The molecule has 2 nitrogen and oxygen atoms in total. The summed E-state index contributed by atoms with van der Waals surface area (Å²) in [4.78, 5) is 14.8. The first-order valence-corrected chi connectivity index (χ1v) is 8.38. The number of fused-ring (bicyclic) bond motifs is 2. The van der Waals surface area contributed by atoms with Crippen molar-refractivity contribution in [2.24, 2.45) is 0 Å². The van der Waals surface area contributed by atoms with Crippen LogP contribution in [0.3, 0.4) is 0 Å². The first kappa shape index (κ1) is 13.6. The molecule has 0 unspecified atom stereocenters. The summed E-state index contributed by atoms with van der Waals surface area (Å²) in [5, 5.41) is 10.4. The van der Waals surface area contributed by atoms with Gasteiger partial charge in [0.15, 0.2) is 5.78 Å². The molecule has 2 aliphatic rings. The fourth-order valence-corrected chi connectivity index (χ4v) is 4.53. The molecule has 0 atom stereocenters. The number of rotatable bonds is 1. The summed E-state index contributed by atoms with van der Waals surface area (Å²) in [5.41, 5.74) is 2.86. The largest absolute Gasteiger partial charge is 0.512 e. The van der Waals surface area contributed by atoms with Crippen molar-refractivity contribution in [3.63, 3.8) is 0 Å². The van der Waals surface area contributed by atoms with Crippen LogP contribution in [0.5, 0.6) is 0 Å². The van der Waals surface area contributed by atoms with Crippen LogP contribution in [0.25, 0.3) is 0 Å². The third-order valence-electron chi connectivity index (χ3n) is 4.40. The summed E-state index contributed by atoms with van der Waals surface area (Å²) in [7, 11) is 0. The molecule has 0 fully saturated rings. The van der Waals surface area contributed by atoms with Gasteiger partial charge in [0.1, 0.15) is 0 Å². The zero-order valence-corrected chi connectivity index (χ0v) is 12.9. The lowest BCUT2D eigenvalue weighted by Crippen LogP contribution is -2.21. The highest BCUT2D eigenvalue weighted by Gasteiger charge is 2.35. The maximum atomic E-state index is 12.5. The van der Waals surface area contributed by atoms with Crippen LogP contribution in [0, 0.1) is 0 Å². The van der Waals surface area contributed by atoms with E-state index in [-0.39, 0.29) is 17.5 Å². The number of hydrogen-bond acceptors (Lipinski definition) is 3. The van der Waals surface area contributed by atoms with Gasteiger partial charge in [0.05, 0.1) is 5.76 Å². The first-order valence-electron chi connectivity index (χ1n) is 7.56. The second kappa shape index (κ2) is 5.33.